The van der Waals surface area contributed by atoms with E-state index < -0.39 is 5.41 Å². The third kappa shape index (κ3) is 3.92. The third-order valence-electron chi connectivity index (χ3n) is 12.0. The summed E-state index contributed by atoms with van der Waals surface area (Å²) < 4.78 is 2.27. The molecule has 1 spiro atoms. The van der Waals surface area contributed by atoms with Crippen LogP contribution in [0.2, 0.25) is 0 Å². The standard InChI is InChI=1S/C52H32N2/c1-2-13-35(14-3-1)51-53-48-20-10-11-21-49(48)54(51)39-27-24-33(25-28-39)36-22-23-37-31-44-43-29-26-34-12-4-5-15-40(34)50(43)52(47(44)32-38(37)30-36)45-18-8-6-16-41(45)42-17-7-9-19-46(42)52/h1-32H. The maximum Gasteiger partial charge on any atom is 0.145 e. The lowest BCUT2D eigenvalue weighted by Gasteiger charge is -2.31. The second kappa shape index (κ2) is 11.0. The van der Waals surface area contributed by atoms with E-state index in [-0.39, 0.29) is 0 Å². The van der Waals surface area contributed by atoms with Crippen molar-refractivity contribution >= 4 is 32.6 Å². The van der Waals surface area contributed by atoms with Crippen molar-refractivity contribution in [3.63, 3.8) is 0 Å². The summed E-state index contributed by atoms with van der Waals surface area (Å²) in [4.78, 5) is 5.06. The van der Waals surface area contributed by atoms with Gasteiger partial charge in [0.15, 0.2) is 0 Å². The number of imidazole rings is 1. The number of hydrogen-bond acceptors (Lipinski definition) is 1. The van der Waals surface area contributed by atoms with Gasteiger partial charge in [-0.05, 0) is 120 Å². The molecule has 0 N–H and O–H groups in total. The smallest absolute Gasteiger partial charge is 0.145 e. The van der Waals surface area contributed by atoms with Crippen molar-refractivity contribution in [3.05, 3.63) is 216 Å². The molecule has 0 unspecified atom stereocenters. The highest BCUT2D eigenvalue weighted by Crippen LogP contribution is 2.64. The van der Waals surface area contributed by atoms with E-state index in [2.05, 4.69) is 199 Å². The Hall–Kier alpha value is -7.03. The Morgan fingerprint density at radius 3 is 1.87 bits per heavy atom. The van der Waals surface area contributed by atoms with Crippen LogP contribution < -0.4 is 0 Å². The first-order valence-electron chi connectivity index (χ1n) is 18.7. The topological polar surface area (TPSA) is 17.8 Å². The Morgan fingerprint density at radius 2 is 1.06 bits per heavy atom. The van der Waals surface area contributed by atoms with Gasteiger partial charge in [0.1, 0.15) is 5.82 Å². The second-order valence-electron chi connectivity index (χ2n) is 14.7. The Morgan fingerprint density at radius 1 is 0.389 bits per heavy atom. The predicted molar refractivity (Wildman–Crippen MR) is 223 cm³/mol. The molecule has 12 rings (SSSR count). The first kappa shape index (κ1) is 29.5. The summed E-state index contributed by atoms with van der Waals surface area (Å²) in [7, 11) is 0. The van der Waals surface area contributed by atoms with Gasteiger partial charge in [-0.3, -0.25) is 4.57 Å². The zero-order valence-electron chi connectivity index (χ0n) is 29.4. The van der Waals surface area contributed by atoms with Crippen LogP contribution in [0.15, 0.2) is 194 Å². The van der Waals surface area contributed by atoms with Crippen LogP contribution in [0, 0.1) is 0 Å². The van der Waals surface area contributed by atoms with E-state index >= 15 is 0 Å². The van der Waals surface area contributed by atoms with Crippen LogP contribution >= 0.6 is 0 Å². The highest BCUT2D eigenvalue weighted by molar-refractivity contribution is 6.06. The Labute approximate surface area is 313 Å². The van der Waals surface area contributed by atoms with Gasteiger partial charge in [0.05, 0.1) is 16.4 Å². The highest BCUT2D eigenvalue weighted by atomic mass is 15.1. The van der Waals surface area contributed by atoms with Crippen LogP contribution in [0.1, 0.15) is 22.3 Å². The number of benzene rings is 9. The van der Waals surface area contributed by atoms with E-state index in [1.807, 2.05) is 0 Å². The molecule has 1 aromatic heterocycles. The SMILES string of the molecule is c1ccc(-c2nc3ccccc3n2-c2ccc(-c3ccc4cc5c(cc4c3)C3(c4ccccc4-c4ccccc43)c3c-5ccc4ccccc34)cc2)cc1. The van der Waals surface area contributed by atoms with E-state index in [0.717, 1.165) is 28.1 Å². The lowest BCUT2D eigenvalue weighted by Crippen LogP contribution is -2.26. The van der Waals surface area contributed by atoms with Crippen molar-refractivity contribution < 1.29 is 0 Å². The fourth-order valence-electron chi connectivity index (χ4n) is 9.71. The molecule has 0 aliphatic heterocycles. The molecule has 9 aromatic carbocycles. The molecular weight excluding hydrogens is 653 g/mol. The number of rotatable bonds is 3. The van der Waals surface area contributed by atoms with Gasteiger partial charge in [0, 0.05) is 11.3 Å². The van der Waals surface area contributed by atoms with Crippen LogP contribution in [0.25, 0.3) is 83.0 Å². The number of aromatic nitrogens is 2. The van der Waals surface area contributed by atoms with E-state index in [9.17, 15) is 0 Å². The van der Waals surface area contributed by atoms with Crippen LogP contribution in [0.3, 0.4) is 0 Å². The summed E-state index contributed by atoms with van der Waals surface area (Å²) >= 11 is 0. The lowest BCUT2D eigenvalue weighted by molar-refractivity contribution is 0.802. The van der Waals surface area contributed by atoms with Crippen molar-refractivity contribution in [1.82, 2.24) is 9.55 Å². The van der Waals surface area contributed by atoms with Crippen molar-refractivity contribution in [2.45, 2.75) is 5.41 Å². The first-order valence-corrected chi connectivity index (χ1v) is 18.7. The molecule has 2 aliphatic rings. The molecule has 2 heteroatoms. The second-order valence-corrected chi connectivity index (χ2v) is 14.7. The monoisotopic (exact) mass is 684 g/mol. The third-order valence-corrected chi connectivity index (χ3v) is 12.0. The predicted octanol–water partition coefficient (Wildman–Crippen LogP) is 13.0. The molecular formula is C52H32N2. The van der Waals surface area contributed by atoms with E-state index in [1.54, 1.807) is 0 Å². The zero-order valence-corrected chi connectivity index (χ0v) is 29.4. The average Bonchev–Trinajstić information content (AvgIpc) is 3.87. The maximum absolute atomic E-state index is 5.06. The quantitative estimate of drug-likeness (QED) is 0.181. The molecule has 2 aliphatic carbocycles. The number of para-hydroxylation sites is 2. The van der Waals surface area contributed by atoms with Crippen LogP contribution in [0.4, 0.5) is 0 Å². The summed E-state index contributed by atoms with van der Waals surface area (Å²) in [6, 6.07) is 71.4. The number of nitrogens with zero attached hydrogens (tertiary/aromatic N) is 2. The lowest BCUT2D eigenvalue weighted by atomic mass is 9.69. The van der Waals surface area contributed by atoms with Gasteiger partial charge in [0.25, 0.3) is 0 Å². The molecule has 0 fully saturated rings. The zero-order chi connectivity index (χ0) is 35.4. The molecule has 0 amide bonds. The molecule has 1 heterocycles. The molecule has 250 valence electrons. The fourth-order valence-corrected chi connectivity index (χ4v) is 9.71. The Kier molecular flexibility index (Phi) is 6.01. The van der Waals surface area contributed by atoms with Crippen molar-refractivity contribution in [2.75, 3.05) is 0 Å². The largest absolute Gasteiger partial charge is 0.292 e. The van der Waals surface area contributed by atoms with Crippen molar-refractivity contribution in [3.8, 4) is 50.5 Å². The molecule has 0 radical (unpaired) electrons. The van der Waals surface area contributed by atoms with Crippen LogP contribution in [-0.2, 0) is 5.41 Å². The molecule has 2 nitrogen and oxygen atoms in total. The summed E-state index contributed by atoms with van der Waals surface area (Å²) in [5.74, 6) is 0.946. The summed E-state index contributed by atoms with van der Waals surface area (Å²) in [5, 5.41) is 5.10. The molecule has 0 bridgehead atoms. The van der Waals surface area contributed by atoms with Gasteiger partial charge in [-0.2, -0.15) is 0 Å². The van der Waals surface area contributed by atoms with E-state index in [4.69, 9.17) is 4.98 Å². The molecule has 54 heavy (non-hydrogen) atoms. The molecule has 10 aromatic rings. The average molecular weight is 685 g/mol. The van der Waals surface area contributed by atoms with Gasteiger partial charge in [-0.15, -0.1) is 0 Å². The van der Waals surface area contributed by atoms with Gasteiger partial charge in [-0.25, -0.2) is 4.98 Å². The normalized spacial score (nSPS) is 13.3. The minimum Gasteiger partial charge on any atom is -0.292 e. The maximum atomic E-state index is 5.06. The van der Waals surface area contributed by atoms with E-state index in [0.29, 0.717) is 0 Å². The van der Waals surface area contributed by atoms with E-state index in [1.165, 1.54) is 77.2 Å². The molecule has 0 atom stereocenters. The van der Waals surface area contributed by atoms with Crippen molar-refractivity contribution in [1.29, 1.82) is 0 Å². The fraction of sp³-hybridized carbons (Fsp3) is 0.0192. The number of fused-ring (bicyclic) bond motifs is 14. The molecule has 0 saturated heterocycles. The van der Waals surface area contributed by atoms with Gasteiger partial charge < -0.3 is 0 Å². The molecule has 0 saturated carbocycles. The van der Waals surface area contributed by atoms with Gasteiger partial charge >= 0.3 is 0 Å². The van der Waals surface area contributed by atoms with Crippen LogP contribution in [0.5, 0.6) is 0 Å². The summed E-state index contributed by atoms with van der Waals surface area (Å²) in [6.07, 6.45) is 0. The number of hydrogen-bond donors (Lipinski definition) is 0. The minimum atomic E-state index is -0.408. The minimum absolute atomic E-state index is 0.408. The Bertz CT molecular complexity index is 3100. The summed E-state index contributed by atoms with van der Waals surface area (Å²) in [5.41, 5.74) is 17.1. The van der Waals surface area contributed by atoms with Crippen LogP contribution in [-0.4, -0.2) is 9.55 Å². The first-order chi connectivity index (χ1) is 26.8. The van der Waals surface area contributed by atoms with Gasteiger partial charge in [0.2, 0.25) is 0 Å². The highest BCUT2D eigenvalue weighted by Gasteiger charge is 2.52. The Balaban J connectivity index is 1.04. The van der Waals surface area contributed by atoms with Crippen molar-refractivity contribution in [2.24, 2.45) is 0 Å². The summed E-state index contributed by atoms with van der Waals surface area (Å²) in [6.45, 7) is 0. The van der Waals surface area contributed by atoms with Gasteiger partial charge in [-0.1, -0.05) is 152 Å².